The molecule has 2 rings (SSSR count). The van der Waals surface area contributed by atoms with E-state index in [2.05, 4.69) is 9.93 Å². The Balaban J connectivity index is 2.05. The molecular formula is C16H18N2O4S. The van der Waals surface area contributed by atoms with Crippen molar-refractivity contribution in [3.8, 4) is 11.5 Å². The molecule has 0 fully saturated rings. The molecule has 0 aromatic heterocycles. The van der Waals surface area contributed by atoms with Gasteiger partial charge in [0.25, 0.3) is 10.0 Å². The van der Waals surface area contributed by atoms with E-state index in [-0.39, 0.29) is 16.7 Å². The van der Waals surface area contributed by atoms with E-state index in [0.717, 1.165) is 0 Å². The van der Waals surface area contributed by atoms with Gasteiger partial charge in [-0.2, -0.15) is 13.5 Å². The van der Waals surface area contributed by atoms with Crippen molar-refractivity contribution in [2.24, 2.45) is 5.10 Å². The molecule has 0 aliphatic carbocycles. The van der Waals surface area contributed by atoms with E-state index in [1.165, 1.54) is 30.5 Å². The number of phenolic OH excluding ortho intramolecular Hbond substituents is 1. The molecule has 0 heterocycles. The normalized spacial score (nSPS) is 11.8. The van der Waals surface area contributed by atoms with E-state index in [1.807, 2.05) is 13.8 Å². The molecular weight excluding hydrogens is 316 g/mol. The zero-order valence-electron chi connectivity index (χ0n) is 12.8. The molecule has 0 spiro atoms. The minimum absolute atomic E-state index is 0.0190. The fourth-order valence-electron chi connectivity index (χ4n) is 1.75. The van der Waals surface area contributed by atoms with E-state index in [4.69, 9.17) is 4.74 Å². The van der Waals surface area contributed by atoms with Crippen LogP contribution in [0.3, 0.4) is 0 Å². The summed E-state index contributed by atoms with van der Waals surface area (Å²) < 4.78 is 29.7. The highest BCUT2D eigenvalue weighted by Crippen LogP contribution is 2.17. The number of ether oxygens (including phenoxy) is 1. The Morgan fingerprint density at radius 3 is 2.26 bits per heavy atom. The quantitative estimate of drug-likeness (QED) is 0.627. The van der Waals surface area contributed by atoms with Gasteiger partial charge in [-0.05, 0) is 67.9 Å². The summed E-state index contributed by atoms with van der Waals surface area (Å²) in [6.07, 6.45) is 1.37. The zero-order chi connectivity index (χ0) is 16.9. The maximum Gasteiger partial charge on any atom is 0.276 e. The van der Waals surface area contributed by atoms with Gasteiger partial charge in [-0.3, -0.25) is 0 Å². The molecule has 0 saturated heterocycles. The molecule has 6 nitrogen and oxygen atoms in total. The first-order chi connectivity index (χ1) is 10.9. The summed E-state index contributed by atoms with van der Waals surface area (Å²) in [5, 5.41) is 12.9. The number of hydrazone groups is 1. The van der Waals surface area contributed by atoms with Crippen molar-refractivity contribution >= 4 is 16.2 Å². The van der Waals surface area contributed by atoms with Gasteiger partial charge in [0.2, 0.25) is 0 Å². The molecule has 122 valence electrons. The molecule has 0 aliphatic rings. The van der Waals surface area contributed by atoms with Gasteiger partial charge in [0.05, 0.1) is 17.2 Å². The molecule has 0 aliphatic heterocycles. The lowest BCUT2D eigenvalue weighted by Crippen LogP contribution is -2.18. The Kier molecular flexibility index (Phi) is 5.23. The van der Waals surface area contributed by atoms with Gasteiger partial charge in [-0.15, -0.1) is 0 Å². The van der Waals surface area contributed by atoms with Crippen LogP contribution in [-0.2, 0) is 10.0 Å². The molecule has 0 radical (unpaired) electrons. The van der Waals surface area contributed by atoms with Crippen molar-refractivity contribution in [1.82, 2.24) is 4.83 Å². The lowest BCUT2D eigenvalue weighted by molar-refractivity contribution is 0.242. The predicted molar refractivity (Wildman–Crippen MR) is 88.2 cm³/mol. The minimum atomic E-state index is -3.74. The van der Waals surface area contributed by atoms with E-state index in [9.17, 15) is 13.5 Å². The second-order valence-corrected chi connectivity index (χ2v) is 6.74. The summed E-state index contributed by atoms with van der Waals surface area (Å²) in [4.78, 5) is 2.23. The number of nitrogens with zero attached hydrogens (tertiary/aromatic N) is 1. The average molecular weight is 334 g/mol. The lowest BCUT2D eigenvalue weighted by Gasteiger charge is -2.10. The van der Waals surface area contributed by atoms with Crippen LogP contribution < -0.4 is 9.57 Å². The summed E-state index contributed by atoms with van der Waals surface area (Å²) in [6.45, 7) is 3.79. The van der Waals surface area contributed by atoms with Crippen molar-refractivity contribution < 1.29 is 18.3 Å². The standard InChI is InChI=1S/C16H18N2O4S/c1-12(2)22-15-7-9-16(10-8-15)23(20,21)18-17-11-13-3-5-14(19)6-4-13/h3-12,18-19H,1-2H3/b17-11+. The van der Waals surface area contributed by atoms with Crippen molar-refractivity contribution in [2.45, 2.75) is 24.8 Å². The number of hydrogen-bond donors (Lipinski definition) is 2. The first kappa shape index (κ1) is 16.8. The van der Waals surface area contributed by atoms with Crippen molar-refractivity contribution in [3.63, 3.8) is 0 Å². The zero-order valence-corrected chi connectivity index (χ0v) is 13.6. The Hall–Kier alpha value is -2.54. The number of hydrogen-bond acceptors (Lipinski definition) is 5. The maximum atomic E-state index is 12.1. The first-order valence-electron chi connectivity index (χ1n) is 6.97. The largest absolute Gasteiger partial charge is 0.508 e. The average Bonchev–Trinajstić information content (AvgIpc) is 2.49. The molecule has 0 amide bonds. The third kappa shape index (κ3) is 5.00. The second kappa shape index (κ2) is 7.15. The summed E-state index contributed by atoms with van der Waals surface area (Å²) in [5.41, 5.74) is 0.659. The van der Waals surface area contributed by atoms with Crippen molar-refractivity contribution in [1.29, 1.82) is 0 Å². The third-order valence-corrected chi connectivity index (χ3v) is 4.02. The first-order valence-corrected chi connectivity index (χ1v) is 8.46. The molecule has 0 atom stereocenters. The van der Waals surface area contributed by atoms with E-state index >= 15 is 0 Å². The van der Waals surface area contributed by atoms with E-state index < -0.39 is 10.0 Å². The Morgan fingerprint density at radius 2 is 1.70 bits per heavy atom. The van der Waals surface area contributed by atoms with Gasteiger partial charge in [-0.25, -0.2) is 4.83 Å². The molecule has 2 N–H and O–H groups in total. The lowest BCUT2D eigenvalue weighted by atomic mass is 10.2. The van der Waals surface area contributed by atoms with Crippen LogP contribution in [0.5, 0.6) is 11.5 Å². The molecule has 0 saturated carbocycles. The van der Waals surface area contributed by atoms with Crippen LogP contribution in [0.15, 0.2) is 58.5 Å². The number of sulfonamides is 1. The highest BCUT2D eigenvalue weighted by Gasteiger charge is 2.12. The van der Waals surface area contributed by atoms with Gasteiger partial charge in [0.1, 0.15) is 11.5 Å². The fourth-order valence-corrected chi connectivity index (χ4v) is 2.54. The monoisotopic (exact) mass is 334 g/mol. The number of phenols is 1. The van der Waals surface area contributed by atoms with Crippen LogP contribution in [0.25, 0.3) is 0 Å². The second-order valence-electron chi connectivity index (χ2n) is 5.08. The van der Waals surface area contributed by atoms with E-state index in [1.54, 1.807) is 24.3 Å². The van der Waals surface area contributed by atoms with Gasteiger partial charge in [0.15, 0.2) is 0 Å². The molecule has 2 aromatic carbocycles. The number of aromatic hydroxyl groups is 1. The van der Waals surface area contributed by atoms with Crippen LogP contribution in [0.4, 0.5) is 0 Å². The Morgan fingerprint density at radius 1 is 1.09 bits per heavy atom. The molecule has 0 unspecified atom stereocenters. The van der Waals surface area contributed by atoms with Gasteiger partial charge in [-0.1, -0.05) is 0 Å². The Bertz CT molecular complexity index is 767. The summed E-state index contributed by atoms with van der Waals surface area (Å²) in [5.74, 6) is 0.734. The smallest absolute Gasteiger partial charge is 0.276 e. The minimum Gasteiger partial charge on any atom is -0.508 e. The predicted octanol–water partition coefficient (Wildman–Crippen LogP) is 2.49. The molecule has 0 bridgehead atoms. The van der Waals surface area contributed by atoms with Gasteiger partial charge < -0.3 is 9.84 Å². The SMILES string of the molecule is CC(C)Oc1ccc(S(=O)(=O)N/N=C/c2ccc(O)cc2)cc1. The van der Waals surface area contributed by atoms with Crippen molar-refractivity contribution in [2.75, 3.05) is 0 Å². The van der Waals surface area contributed by atoms with Crippen LogP contribution in [0.1, 0.15) is 19.4 Å². The molecule has 23 heavy (non-hydrogen) atoms. The van der Waals surface area contributed by atoms with Gasteiger partial charge in [0, 0.05) is 0 Å². The van der Waals surface area contributed by atoms with Gasteiger partial charge >= 0.3 is 0 Å². The summed E-state index contributed by atoms with van der Waals surface area (Å²) >= 11 is 0. The third-order valence-electron chi connectivity index (χ3n) is 2.79. The topological polar surface area (TPSA) is 88.0 Å². The number of benzene rings is 2. The van der Waals surface area contributed by atoms with E-state index in [0.29, 0.717) is 11.3 Å². The van der Waals surface area contributed by atoms with Crippen LogP contribution in [0, 0.1) is 0 Å². The van der Waals surface area contributed by atoms with Crippen molar-refractivity contribution in [3.05, 3.63) is 54.1 Å². The molecule has 7 heteroatoms. The Labute approximate surface area is 135 Å². The van der Waals surface area contributed by atoms with Crippen LogP contribution in [-0.4, -0.2) is 25.8 Å². The molecule has 2 aromatic rings. The number of rotatable bonds is 6. The van der Waals surface area contributed by atoms with Crippen LogP contribution >= 0.6 is 0 Å². The maximum absolute atomic E-state index is 12.1. The highest BCUT2D eigenvalue weighted by molar-refractivity contribution is 7.89. The summed E-state index contributed by atoms with van der Waals surface area (Å²) in [7, 11) is -3.74. The van der Waals surface area contributed by atoms with Crippen LogP contribution in [0.2, 0.25) is 0 Å². The highest BCUT2D eigenvalue weighted by atomic mass is 32.2. The summed E-state index contributed by atoms with van der Waals surface area (Å²) in [6, 6.07) is 12.3. The fraction of sp³-hybridized carbons (Fsp3) is 0.188. The number of nitrogens with one attached hydrogen (secondary N) is 1.